The molecule has 1 fully saturated rings. The van der Waals surface area contributed by atoms with Gasteiger partial charge < -0.3 is 9.47 Å². The summed E-state index contributed by atoms with van der Waals surface area (Å²) >= 11 is 0. The molecular formula is C14H29NO2. The Kier molecular flexibility index (Phi) is 4.61. The highest BCUT2D eigenvalue weighted by Gasteiger charge is 2.43. The van der Waals surface area contributed by atoms with Crippen LogP contribution in [0.25, 0.3) is 0 Å². The zero-order valence-corrected chi connectivity index (χ0v) is 12.5. The van der Waals surface area contributed by atoms with Gasteiger partial charge in [0.25, 0.3) is 0 Å². The van der Waals surface area contributed by atoms with Gasteiger partial charge in [0.15, 0.2) is 0 Å². The van der Waals surface area contributed by atoms with Crippen molar-refractivity contribution in [3.63, 3.8) is 0 Å². The molecule has 0 aliphatic carbocycles. The second kappa shape index (κ2) is 5.25. The number of nitrogens with zero attached hydrogens (tertiary/aromatic N) is 1. The van der Waals surface area contributed by atoms with Gasteiger partial charge in [-0.1, -0.05) is 20.8 Å². The van der Waals surface area contributed by atoms with Gasteiger partial charge in [0.1, 0.15) is 0 Å². The third-order valence-electron chi connectivity index (χ3n) is 3.45. The van der Waals surface area contributed by atoms with Crippen molar-refractivity contribution in [2.75, 3.05) is 26.9 Å². The van der Waals surface area contributed by atoms with Gasteiger partial charge in [-0.05, 0) is 26.2 Å². The Morgan fingerprint density at radius 3 is 2.12 bits per heavy atom. The Hall–Kier alpha value is -0.120. The molecule has 0 radical (unpaired) electrons. The number of rotatable bonds is 2. The van der Waals surface area contributed by atoms with Gasteiger partial charge in [0.05, 0.1) is 25.9 Å². The molecule has 1 aliphatic heterocycles. The fraction of sp³-hybridized carbons (Fsp3) is 1.00. The van der Waals surface area contributed by atoms with E-state index < -0.39 is 0 Å². The topological polar surface area (TPSA) is 21.7 Å². The predicted molar refractivity (Wildman–Crippen MR) is 71.3 cm³/mol. The largest absolute Gasteiger partial charge is 0.383 e. The van der Waals surface area contributed by atoms with Crippen LogP contribution in [0.15, 0.2) is 0 Å². The Balaban J connectivity index is 2.96. The van der Waals surface area contributed by atoms with Gasteiger partial charge in [-0.3, -0.25) is 4.90 Å². The van der Waals surface area contributed by atoms with Crippen LogP contribution in [0, 0.1) is 5.41 Å². The Morgan fingerprint density at radius 2 is 1.71 bits per heavy atom. The number of hydrogen-bond donors (Lipinski definition) is 0. The van der Waals surface area contributed by atoms with Gasteiger partial charge in [-0.25, -0.2) is 0 Å². The predicted octanol–water partition coefficient (Wildman–Crippen LogP) is 2.55. The monoisotopic (exact) mass is 243 g/mol. The SMILES string of the molecule is COCC1COCC(C(C)(C)C)N1C(C)(C)C. The maximum absolute atomic E-state index is 5.78. The highest BCUT2D eigenvalue weighted by Crippen LogP contribution is 2.34. The summed E-state index contributed by atoms with van der Waals surface area (Å²) in [5.41, 5.74) is 0.366. The lowest BCUT2D eigenvalue weighted by atomic mass is 9.82. The van der Waals surface area contributed by atoms with Gasteiger partial charge in [-0.15, -0.1) is 0 Å². The quantitative estimate of drug-likeness (QED) is 0.744. The summed E-state index contributed by atoms with van der Waals surface area (Å²) in [6, 6.07) is 0.800. The molecule has 0 saturated carbocycles. The van der Waals surface area contributed by atoms with E-state index in [1.165, 1.54) is 0 Å². The van der Waals surface area contributed by atoms with Crippen LogP contribution >= 0.6 is 0 Å². The molecule has 17 heavy (non-hydrogen) atoms. The van der Waals surface area contributed by atoms with E-state index in [4.69, 9.17) is 9.47 Å². The summed E-state index contributed by atoms with van der Waals surface area (Å²) in [5.74, 6) is 0. The molecule has 2 unspecified atom stereocenters. The van der Waals surface area contributed by atoms with Crippen molar-refractivity contribution in [3.8, 4) is 0 Å². The summed E-state index contributed by atoms with van der Waals surface area (Å²) < 4.78 is 11.1. The Bertz CT molecular complexity index is 238. The molecule has 0 bridgehead atoms. The van der Waals surface area contributed by atoms with Crippen LogP contribution in [0.4, 0.5) is 0 Å². The molecule has 0 aromatic heterocycles. The van der Waals surface area contributed by atoms with Crippen LogP contribution in [0.1, 0.15) is 41.5 Å². The minimum atomic E-state index is 0.144. The summed E-state index contributed by atoms with van der Waals surface area (Å²) in [7, 11) is 1.77. The molecule has 1 aliphatic rings. The third kappa shape index (κ3) is 3.67. The van der Waals surface area contributed by atoms with Crippen LogP contribution in [0.3, 0.4) is 0 Å². The van der Waals surface area contributed by atoms with Crippen molar-refractivity contribution in [2.24, 2.45) is 5.41 Å². The Labute approximate surface area is 106 Å². The minimum Gasteiger partial charge on any atom is -0.383 e. The third-order valence-corrected chi connectivity index (χ3v) is 3.45. The molecular weight excluding hydrogens is 214 g/mol. The van der Waals surface area contributed by atoms with E-state index in [0.29, 0.717) is 12.1 Å². The van der Waals surface area contributed by atoms with E-state index in [-0.39, 0.29) is 11.0 Å². The summed E-state index contributed by atoms with van der Waals surface area (Å²) in [4.78, 5) is 2.58. The molecule has 102 valence electrons. The fourth-order valence-corrected chi connectivity index (χ4v) is 2.73. The van der Waals surface area contributed by atoms with Crippen LogP contribution in [0.5, 0.6) is 0 Å². The lowest BCUT2D eigenvalue weighted by Gasteiger charge is -2.53. The van der Waals surface area contributed by atoms with Gasteiger partial charge in [-0.2, -0.15) is 0 Å². The molecule has 3 heteroatoms. The molecule has 0 amide bonds. The molecule has 0 aromatic carbocycles. The smallest absolute Gasteiger partial charge is 0.0645 e. The molecule has 0 aromatic rings. The van der Waals surface area contributed by atoms with Crippen molar-refractivity contribution in [2.45, 2.75) is 59.2 Å². The maximum Gasteiger partial charge on any atom is 0.0645 e. The normalized spacial score (nSPS) is 28.4. The molecule has 0 spiro atoms. The van der Waals surface area contributed by atoms with Crippen molar-refractivity contribution < 1.29 is 9.47 Å². The van der Waals surface area contributed by atoms with E-state index in [1.807, 2.05) is 0 Å². The Morgan fingerprint density at radius 1 is 1.12 bits per heavy atom. The van der Waals surface area contributed by atoms with Crippen molar-refractivity contribution in [3.05, 3.63) is 0 Å². The lowest BCUT2D eigenvalue weighted by Crippen LogP contribution is -2.64. The van der Waals surface area contributed by atoms with Gasteiger partial charge in [0, 0.05) is 18.7 Å². The second-order valence-electron chi connectivity index (χ2n) is 7.11. The highest BCUT2D eigenvalue weighted by atomic mass is 16.5. The van der Waals surface area contributed by atoms with Crippen molar-refractivity contribution in [1.82, 2.24) is 4.90 Å². The maximum atomic E-state index is 5.78. The van der Waals surface area contributed by atoms with Crippen molar-refractivity contribution in [1.29, 1.82) is 0 Å². The first-order chi connectivity index (χ1) is 7.68. The summed E-state index contributed by atoms with van der Waals surface area (Å²) in [6.07, 6.45) is 0. The first kappa shape index (κ1) is 14.9. The lowest BCUT2D eigenvalue weighted by molar-refractivity contribution is -0.135. The molecule has 0 N–H and O–H groups in total. The number of hydrogen-bond acceptors (Lipinski definition) is 3. The van der Waals surface area contributed by atoms with E-state index >= 15 is 0 Å². The van der Waals surface area contributed by atoms with E-state index in [1.54, 1.807) is 7.11 Å². The van der Waals surface area contributed by atoms with Gasteiger partial charge in [0.2, 0.25) is 0 Å². The highest BCUT2D eigenvalue weighted by molar-refractivity contribution is 4.96. The van der Waals surface area contributed by atoms with Crippen LogP contribution < -0.4 is 0 Å². The average Bonchev–Trinajstić information content (AvgIpc) is 2.14. The summed E-state index contributed by atoms with van der Waals surface area (Å²) in [6.45, 7) is 16.0. The standard InChI is InChI=1S/C14H29NO2/c1-13(2,3)12-10-17-9-11(8-16-7)15(12)14(4,5)6/h11-12H,8-10H2,1-7H3. The molecule has 1 rings (SSSR count). The molecule has 3 nitrogen and oxygen atoms in total. The first-order valence-electron chi connectivity index (χ1n) is 6.53. The average molecular weight is 243 g/mol. The first-order valence-corrected chi connectivity index (χ1v) is 6.53. The number of ether oxygens (including phenoxy) is 2. The van der Waals surface area contributed by atoms with Crippen LogP contribution in [-0.4, -0.2) is 49.5 Å². The van der Waals surface area contributed by atoms with E-state index in [2.05, 4.69) is 46.4 Å². The molecule has 2 atom stereocenters. The van der Waals surface area contributed by atoms with Crippen molar-refractivity contribution >= 4 is 0 Å². The molecule has 1 saturated heterocycles. The van der Waals surface area contributed by atoms with E-state index in [0.717, 1.165) is 19.8 Å². The summed E-state index contributed by atoms with van der Waals surface area (Å²) in [5, 5.41) is 0. The number of morpholine rings is 1. The minimum absolute atomic E-state index is 0.144. The molecule has 1 heterocycles. The number of methoxy groups -OCH3 is 1. The zero-order valence-electron chi connectivity index (χ0n) is 12.5. The van der Waals surface area contributed by atoms with Crippen LogP contribution in [-0.2, 0) is 9.47 Å². The fourth-order valence-electron chi connectivity index (χ4n) is 2.73. The van der Waals surface area contributed by atoms with E-state index in [9.17, 15) is 0 Å². The second-order valence-corrected chi connectivity index (χ2v) is 7.11. The van der Waals surface area contributed by atoms with Crippen LogP contribution in [0.2, 0.25) is 0 Å². The zero-order chi connectivity index (χ0) is 13.3. The van der Waals surface area contributed by atoms with Gasteiger partial charge >= 0.3 is 0 Å².